The first-order valence-electron chi connectivity index (χ1n) is 9.53. The molecule has 2 aromatic carbocycles. The van der Waals surface area contributed by atoms with Crippen LogP contribution in [0, 0.1) is 0 Å². The smallest absolute Gasteiger partial charge is 0.269 e. The molecule has 1 N–H and O–H groups in total. The summed E-state index contributed by atoms with van der Waals surface area (Å²) >= 11 is 2.79. The Morgan fingerprint density at radius 3 is 2.71 bits per heavy atom. The Balaban J connectivity index is 1.57. The maximum atomic E-state index is 13.2. The number of para-hydroxylation sites is 2. The van der Waals surface area contributed by atoms with Gasteiger partial charge in [0.2, 0.25) is 15.2 Å². The van der Waals surface area contributed by atoms with E-state index in [1.807, 2.05) is 13.0 Å². The number of hydrogen-bond acceptors (Lipinski definition) is 8. The highest BCUT2D eigenvalue weighted by Crippen LogP contribution is 2.36. The van der Waals surface area contributed by atoms with Gasteiger partial charge in [-0.15, -0.1) is 10.2 Å². The van der Waals surface area contributed by atoms with Crippen LogP contribution < -0.4 is 14.4 Å². The van der Waals surface area contributed by atoms with Gasteiger partial charge in [0.25, 0.3) is 5.91 Å². The number of nitrogens with zero attached hydrogens (tertiary/aromatic N) is 3. The Labute approximate surface area is 188 Å². The molecule has 0 fully saturated rings. The molecule has 0 saturated carbocycles. The van der Waals surface area contributed by atoms with Gasteiger partial charge in [-0.2, -0.15) is 0 Å². The molecule has 0 radical (unpaired) electrons. The predicted octanol–water partition coefficient (Wildman–Crippen LogP) is 3.39. The number of rotatable bonds is 7. The Hall–Kier alpha value is -2.63. The summed E-state index contributed by atoms with van der Waals surface area (Å²) in [5.74, 6) is 0.535. The maximum Gasteiger partial charge on any atom is 0.269 e. The fraction of sp³-hybridized carbons (Fsp3) is 0.250. The third-order valence-corrected chi connectivity index (χ3v) is 8.03. The zero-order chi connectivity index (χ0) is 21.8. The zero-order valence-corrected chi connectivity index (χ0v) is 19.0. The number of amides is 1. The van der Waals surface area contributed by atoms with Gasteiger partial charge in [-0.25, -0.2) is 8.42 Å². The van der Waals surface area contributed by atoms with Crippen molar-refractivity contribution < 1.29 is 17.9 Å². The maximum absolute atomic E-state index is 13.2. The van der Waals surface area contributed by atoms with Crippen LogP contribution in [0.5, 0.6) is 5.75 Å². The summed E-state index contributed by atoms with van der Waals surface area (Å²) in [5, 5.41) is 11.0. The first kappa shape index (κ1) is 21.6. The minimum absolute atomic E-state index is 0.132. The van der Waals surface area contributed by atoms with Crippen LogP contribution in [0.25, 0.3) is 0 Å². The summed E-state index contributed by atoms with van der Waals surface area (Å²) in [4.78, 5) is 12.8. The minimum atomic E-state index is -3.75. The van der Waals surface area contributed by atoms with Gasteiger partial charge >= 0.3 is 0 Å². The summed E-state index contributed by atoms with van der Waals surface area (Å²) in [6, 6.07) is 15.7. The first-order chi connectivity index (χ1) is 15.0. The summed E-state index contributed by atoms with van der Waals surface area (Å²) < 4.78 is 34.3. The van der Waals surface area contributed by atoms with Crippen molar-refractivity contribution in [2.24, 2.45) is 0 Å². The Kier molecular flexibility index (Phi) is 6.44. The van der Waals surface area contributed by atoms with Crippen molar-refractivity contribution in [2.45, 2.75) is 23.1 Å². The molecular weight excluding hydrogens is 456 g/mol. The Bertz CT molecular complexity index is 1170. The molecule has 1 aromatic heterocycles. The van der Waals surface area contributed by atoms with Gasteiger partial charge in [0.05, 0.1) is 18.0 Å². The highest BCUT2D eigenvalue weighted by atomic mass is 32.2. The summed E-state index contributed by atoms with van der Waals surface area (Å²) in [6.07, 6.45) is -1.02. The molecule has 1 atom stereocenters. The molecule has 1 aliphatic heterocycles. The van der Waals surface area contributed by atoms with Crippen LogP contribution in [-0.4, -0.2) is 42.9 Å². The van der Waals surface area contributed by atoms with Gasteiger partial charge in [0.1, 0.15) is 5.75 Å². The molecular formula is C20H20N4O4S3. The lowest BCUT2D eigenvalue weighted by Gasteiger charge is -2.34. The molecule has 4 rings (SSSR count). The molecule has 11 heteroatoms. The number of anilines is 2. The van der Waals surface area contributed by atoms with Gasteiger partial charge < -0.3 is 4.74 Å². The monoisotopic (exact) mass is 476 g/mol. The third kappa shape index (κ3) is 5.00. The van der Waals surface area contributed by atoms with E-state index in [4.69, 9.17) is 4.74 Å². The van der Waals surface area contributed by atoms with Crippen LogP contribution in [0.4, 0.5) is 10.8 Å². The number of aromatic nitrogens is 2. The van der Waals surface area contributed by atoms with E-state index in [1.165, 1.54) is 27.4 Å². The van der Waals surface area contributed by atoms with E-state index < -0.39 is 22.0 Å². The number of carbonyl (C=O) groups excluding carboxylic acids is 1. The SMILES string of the molecule is CCSc1nnc(NC(=O)C2CN(S(=O)(=O)Cc3ccccc3)c3ccccc3O2)s1. The molecule has 162 valence electrons. The van der Waals surface area contributed by atoms with Gasteiger partial charge in [-0.3, -0.25) is 14.4 Å². The lowest BCUT2D eigenvalue weighted by molar-refractivity contribution is -0.122. The van der Waals surface area contributed by atoms with E-state index in [-0.39, 0.29) is 12.3 Å². The Morgan fingerprint density at radius 2 is 1.94 bits per heavy atom. The van der Waals surface area contributed by atoms with Crippen molar-refractivity contribution in [3.8, 4) is 5.75 Å². The number of hydrogen-bond donors (Lipinski definition) is 1. The van der Waals surface area contributed by atoms with Crippen LogP contribution in [0.2, 0.25) is 0 Å². The average Bonchev–Trinajstić information content (AvgIpc) is 3.20. The van der Waals surface area contributed by atoms with Gasteiger partial charge in [-0.1, -0.05) is 72.5 Å². The second-order valence-electron chi connectivity index (χ2n) is 6.64. The van der Waals surface area contributed by atoms with E-state index in [1.54, 1.807) is 48.5 Å². The summed E-state index contributed by atoms with van der Waals surface area (Å²) in [6.45, 7) is 1.87. The second-order valence-corrected chi connectivity index (χ2v) is 11.0. The third-order valence-electron chi connectivity index (χ3n) is 4.46. The van der Waals surface area contributed by atoms with E-state index in [2.05, 4.69) is 15.5 Å². The minimum Gasteiger partial charge on any atom is -0.476 e. The van der Waals surface area contributed by atoms with Gasteiger partial charge in [0.15, 0.2) is 10.4 Å². The molecule has 3 aromatic rings. The fourth-order valence-electron chi connectivity index (χ4n) is 3.09. The number of thioether (sulfide) groups is 1. The van der Waals surface area contributed by atoms with Crippen LogP contribution in [0.1, 0.15) is 12.5 Å². The van der Waals surface area contributed by atoms with Gasteiger partial charge in [0, 0.05) is 0 Å². The van der Waals surface area contributed by atoms with Crippen molar-refractivity contribution in [1.82, 2.24) is 10.2 Å². The van der Waals surface area contributed by atoms with Gasteiger partial charge in [-0.05, 0) is 23.4 Å². The Morgan fingerprint density at radius 1 is 1.19 bits per heavy atom. The molecule has 1 aliphatic rings. The van der Waals surface area contributed by atoms with Crippen LogP contribution >= 0.6 is 23.1 Å². The zero-order valence-electron chi connectivity index (χ0n) is 16.6. The lowest BCUT2D eigenvalue weighted by Crippen LogP contribution is -2.49. The second kappa shape index (κ2) is 9.25. The number of ether oxygens (including phenoxy) is 1. The standard InChI is InChI=1S/C20H20N4O4S3/c1-2-29-20-23-22-19(30-20)21-18(25)17-12-24(15-10-6-7-11-16(15)28-17)31(26,27)13-14-8-4-3-5-9-14/h3-11,17H,2,12-13H2,1H3,(H,21,22,25). The molecule has 0 aliphatic carbocycles. The highest BCUT2D eigenvalue weighted by Gasteiger charge is 2.37. The summed E-state index contributed by atoms with van der Waals surface area (Å²) in [5.41, 5.74) is 1.09. The predicted molar refractivity (Wildman–Crippen MR) is 122 cm³/mol. The van der Waals surface area contributed by atoms with E-state index in [9.17, 15) is 13.2 Å². The van der Waals surface area contributed by atoms with Crippen molar-refractivity contribution in [1.29, 1.82) is 0 Å². The first-order valence-corrected chi connectivity index (χ1v) is 12.9. The molecule has 1 unspecified atom stereocenters. The number of benzene rings is 2. The highest BCUT2D eigenvalue weighted by molar-refractivity contribution is 8.01. The molecule has 1 amide bonds. The number of fused-ring (bicyclic) bond motifs is 1. The topological polar surface area (TPSA) is 101 Å². The molecule has 2 heterocycles. The normalized spacial score (nSPS) is 15.8. The number of carbonyl (C=O) groups is 1. The van der Waals surface area contributed by atoms with Crippen molar-refractivity contribution in [2.75, 3.05) is 21.9 Å². The number of nitrogens with one attached hydrogen (secondary N) is 1. The van der Waals surface area contributed by atoms with Crippen molar-refractivity contribution >= 4 is 49.8 Å². The van der Waals surface area contributed by atoms with Crippen LogP contribution in [0.3, 0.4) is 0 Å². The van der Waals surface area contributed by atoms with Crippen molar-refractivity contribution in [3.05, 3.63) is 60.2 Å². The molecule has 0 spiro atoms. The fourth-order valence-corrected chi connectivity index (χ4v) is 6.33. The number of sulfonamides is 1. The van der Waals surface area contributed by atoms with Crippen LogP contribution in [0.15, 0.2) is 58.9 Å². The van der Waals surface area contributed by atoms with E-state index in [0.717, 1.165) is 10.1 Å². The lowest BCUT2D eigenvalue weighted by atomic mass is 10.2. The molecule has 31 heavy (non-hydrogen) atoms. The molecule has 8 nitrogen and oxygen atoms in total. The summed E-state index contributed by atoms with van der Waals surface area (Å²) in [7, 11) is -3.75. The quantitative estimate of drug-likeness (QED) is 0.412. The van der Waals surface area contributed by atoms with Crippen molar-refractivity contribution in [3.63, 3.8) is 0 Å². The molecule has 0 saturated heterocycles. The van der Waals surface area contributed by atoms with Crippen LogP contribution in [-0.2, 0) is 20.6 Å². The average molecular weight is 477 g/mol. The van der Waals surface area contributed by atoms with E-state index >= 15 is 0 Å². The molecule has 0 bridgehead atoms. The van der Waals surface area contributed by atoms with E-state index in [0.29, 0.717) is 22.1 Å². The largest absolute Gasteiger partial charge is 0.476 e.